The van der Waals surface area contributed by atoms with Gasteiger partial charge < -0.3 is 20.1 Å². The van der Waals surface area contributed by atoms with Crippen molar-refractivity contribution in [3.63, 3.8) is 0 Å². The zero-order chi connectivity index (χ0) is 15.7. The molecule has 0 bridgehead atoms. The minimum absolute atomic E-state index is 0.0701. The van der Waals surface area contributed by atoms with Crippen molar-refractivity contribution < 1.29 is 19.4 Å². The molecule has 6 heteroatoms. The van der Waals surface area contributed by atoms with Gasteiger partial charge in [0.2, 0.25) is 0 Å². The number of aliphatic carboxylic acids is 1. The number of amides is 2. The first-order chi connectivity index (χ1) is 10.1. The molecular formula is C15H28N2O4. The van der Waals surface area contributed by atoms with E-state index in [-0.39, 0.29) is 12.1 Å². The van der Waals surface area contributed by atoms with Gasteiger partial charge >= 0.3 is 12.0 Å². The van der Waals surface area contributed by atoms with E-state index in [1.807, 2.05) is 4.90 Å². The smallest absolute Gasteiger partial charge is 0.332 e. The van der Waals surface area contributed by atoms with Gasteiger partial charge in [-0.05, 0) is 25.7 Å². The van der Waals surface area contributed by atoms with Gasteiger partial charge in [0.05, 0.1) is 6.10 Å². The number of carbonyl (C=O) groups is 2. The molecule has 6 nitrogen and oxygen atoms in total. The molecular weight excluding hydrogens is 272 g/mol. The third-order valence-corrected chi connectivity index (χ3v) is 3.71. The lowest BCUT2D eigenvalue weighted by molar-refractivity contribution is -0.149. The standard InChI is InChI=1S/C15H28N2O4/c1-3-5-9-17(10-6-4-2)15(20)16-11-12-7-8-13(21-12)14(18)19/h12-13H,3-11H2,1-2H3,(H,16,20)(H,18,19). The number of hydrogen-bond acceptors (Lipinski definition) is 3. The first kappa shape index (κ1) is 17.8. The van der Waals surface area contributed by atoms with Crippen LogP contribution in [0.5, 0.6) is 0 Å². The Morgan fingerprint density at radius 2 is 1.81 bits per heavy atom. The second-order valence-electron chi connectivity index (χ2n) is 5.54. The molecule has 1 fully saturated rings. The van der Waals surface area contributed by atoms with Gasteiger partial charge in [0.25, 0.3) is 0 Å². The Kier molecular flexibility index (Phi) is 8.12. The van der Waals surface area contributed by atoms with E-state index in [9.17, 15) is 9.59 Å². The summed E-state index contributed by atoms with van der Waals surface area (Å²) in [5.74, 6) is -0.920. The maximum Gasteiger partial charge on any atom is 0.332 e. The molecule has 122 valence electrons. The number of ether oxygens (including phenoxy) is 1. The predicted molar refractivity (Wildman–Crippen MR) is 80.3 cm³/mol. The lowest BCUT2D eigenvalue weighted by Gasteiger charge is -2.23. The van der Waals surface area contributed by atoms with Crippen LogP contribution in [0.15, 0.2) is 0 Å². The monoisotopic (exact) mass is 300 g/mol. The van der Waals surface area contributed by atoms with Crippen LogP contribution in [0.2, 0.25) is 0 Å². The van der Waals surface area contributed by atoms with Crippen LogP contribution in [0.25, 0.3) is 0 Å². The summed E-state index contributed by atoms with van der Waals surface area (Å²) in [5.41, 5.74) is 0. The number of carboxylic acids is 1. The molecule has 1 aliphatic heterocycles. The third kappa shape index (κ3) is 6.33. The SMILES string of the molecule is CCCCN(CCCC)C(=O)NCC1CCC(C(=O)O)O1. The van der Waals surface area contributed by atoms with Gasteiger partial charge in [0.1, 0.15) is 0 Å². The normalized spacial score (nSPS) is 21.2. The molecule has 0 spiro atoms. The van der Waals surface area contributed by atoms with E-state index in [1.54, 1.807) is 0 Å². The Morgan fingerprint density at radius 3 is 2.29 bits per heavy atom. The van der Waals surface area contributed by atoms with E-state index < -0.39 is 12.1 Å². The van der Waals surface area contributed by atoms with Crippen molar-refractivity contribution in [1.82, 2.24) is 10.2 Å². The summed E-state index contributed by atoms with van der Waals surface area (Å²) in [6.07, 6.45) is 4.41. The van der Waals surface area contributed by atoms with E-state index >= 15 is 0 Å². The highest BCUT2D eigenvalue weighted by Gasteiger charge is 2.30. The van der Waals surface area contributed by atoms with E-state index in [1.165, 1.54) is 0 Å². The highest BCUT2D eigenvalue weighted by Crippen LogP contribution is 2.19. The molecule has 2 unspecified atom stereocenters. The van der Waals surface area contributed by atoms with Crippen LogP contribution in [-0.4, -0.2) is 53.8 Å². The summed E-state index contributed by atoms with van der Waals surface area (Å²) >= 11 is 0. The second-order valence-corrected chi connectivity index (χ2v) is 5.54. The highest BCUT2D eigenvalue weighted by molar-refractivity contribution is 5.74. The molecule has 2 N–H and O–H groups in total. The summed E-state index contributed by atoms with van der Waals surface area (Å²) < 4.78 is 5.38. The summed E-state index contributed by atoms with van der Waals surface area (Å²) in [7, 11) is 0. The first-order valence-electron chi connectivity index (χ1n) is 7.99. The molecule has 0 aromatic heterocycles. The molecule has 0 saturated carbocycles. The molecule has 0 aromatic rings. The summed E-state index contributed by atoms with van der Waals surface area (Å²) in [6.45, 7) is 6.14. The van der Waals surface area contributed by atoms with Gasteiger partial charge in [-0.25, -0.2) is 9.59 Å². The van der Waals surface area contributed by atoms with Gasteiger partial charge in [-0.1, -0.05) is 26.7 Å². The predicted octanol–water partition coefficient (Wildman–Crippen LogP) is 2.23. The van der Waals surface area contributed by atoms with Gasteiger partial charge in [-0.3, -0.25) is 0 Å². The molecule has 0 aliphatic carbocycles. The number of nitrogens with zero attached hydrogens (tertiary/aromatic N) is 1. The lowest BCUT2D eigenvalue weighted by Crippen LogP contribution is -2.43. The molecule has 1 saturated heterocycles. The number of rotatable bonds is 9. The van der Waals surface area contributed by atoms with Crippen molar-refractivity contribution in [1.29, 1.82) is 0 Å². The fourth-order valence-electron chi connectivity index (χ4n) is 2.36. The topological polar surface area (TPSA) is 78.9 Å². The Balaban J connectivity index is 2.33. The van der Waals surface area contributed by atoms with Crippen LogP contribution in [0, 0.1) is 0 Å². The summed E-state index contributed by atoms with van der Waals surface area (Å²) in [4.78, 5) is 24.8. The van der Waals surface area contributed by atoms with Crippen LogP contribution in [-0.2, 0) is 9.53 Å². The van der Waals surface area contributed by atoms with E-state index in [4.69, 9.17) is 9.84 Å². The number of unbranched alkanes of at least 4 members (excludes halogenated alkanes) is 2. The van der Waals surface area contributed by atoms with Gasteiger partial charge in [0, 0.05) is 19.6 Å². The van der Waals surface area contributed by atoms with Crippen molar-refractivity contribution in [2.24, 2.45) is 0 Å². The largest absolute Gasteiger partial charge is 0.479 e. The van der Waals surface area contributed by atoms with Crippen molar-refractivity contribution in [2.45, 2.75) is 64.6 Å². The maximum absolute atomic E-state index is 12.2. The van der Waals surface area contributed by atoms with Crippen LogP contribution >= 0.6 is 0 Å². The molecule has 2 amide bonds. The van der Waals surface area contributed by atoms with Crippen molar-refractivity contribution >= 4 is 12.0 Å². The van der Waals surface area contributed by atoms with Gasteiger partial charge in [0.15, 0.2) is 6.10 Å². The average molecular weight is 300 g/mol. The van der Waals surface area contributed by atoms with Crippen molar-refractivity contribution in [3.8, 4) is 0 Å². The van der Waals surface area contributed by atoms with Crippen molar-refractivity contribution in [2.75, 3.05) is 19.6 Å². The molecule has 1 rings (SSSR count). The minimum atomic E-state index is -0.920. The van der Waals surface area contributed by atoms with E-state index in [2.05, 4.69) is 19.2 Å². The summed E-state index contributed by atoms with van der Waals surface area (Å²) in [5, 5.41) is 11.7. The maximum atomic E-state index is 12.2. The van der Waals surface area contributed by atoms with Gasteiger partial charge in [-0.15, -0.1) is 0 Å². The first-order valence-corrected chi connectivity index (χ1v) is 7.99. The zero-order valence-corrected chi connectivity index (χ0v) is 13.1. The van der Waals surface area contributed by atoms with E-state index in [0.29, 0.717) is 19.4 Å². The third-order valence-electron chi connectivity index (χ3n) is 3.71. The molecule has 0 radical (unpaired) electrons. The Bertz CT molecular complexity index is 328. The molecule has 21 heavy (non-hydrogen) atoms. The Morgan fingerprint density at radius 1 is 1.19 bits per heavy atom. The second kappa shape index (κ2) is 9.60. The number of carboxylic acid groups (broad SMARTS) is 1. The fourth-order valence-corrected chi connectivity index (χ4v) is 2.36. The van der Waals surface area contributed by atoms with Crippen LogP contribution in [0.1, 0.15) is 52.4 Å². The highest BCUT2D eigenvalue weighted by atomic mass is 16.5. The molecule has 1 heterocycles. The van der Waals surface area contributed by atoms with E-state index in [0.717, 1.165) is 38.8 Å². The fraction of sp³-hybridized carbons (Fsp3) is 0.867. The van der Waals surface area contributed by atoms with Gasteiger partial charge in [-0.2, -0.15) is 0 Å². The number of nitrogens with one attached hydrogen (secondary N) is 1. The van der Waals surface area contributed by atoms with Crippen LogP contribution < -0.4 is 5.32 Å². The molecule has 2 atom stereocenters. The van der Waals surface area contributed by atoms with Crippen molar-refractivity contribution in [3.05, 3.63) is 0 Å². The average Bonchev–Trinajstić information content (AvgIpc) is 2.94. The molecule has 0 aromatic carbocycles. The summed E-state index contributed by atoms with van der Waals surface area (Å²) in [6, 6.07) is -0.0701. The minimum Gasteiger partial charge on any atom is -0.479 e. The number of hydrogen-bond donors (Lipinski definition) is 2. The molecule has 1 aliphatic rings. The Hall–Kier alpha value is -1.30. The lowest BCUT2D eigenvalue weighted by atomic mass is 10.2. The number of carbonyl (C=O) groups excluding carboxylic acids is 1. The zero-order valence-electron chi connectivity index (χ0n) is 13.1. The Labute approximate surface area is 126 Å². The number of urea groups is 1. The van der Waals surface area contributed by atoms with Crippen LogP contribution in [0.4, 0.5) is 4.79 Å². The van der Waals surface area contributed by atoms with Crippen LogP contribution in [0.3, 0.4) is 0 Å². The quantitative estimate of drug-likeness (QED) is 0.684.